The summed E-state index contributed by atoms with van der Waals surface area (Å²) in [5.41, 5.74) is -0.0310. The van der Waals surface area contributed by atoms with E-state index in [0.717, 1.165) is 32.7 Å². The quantitative estimate of drug-likeness (QED) is 0.539. The molecule has 0 bridgehead atoms. The second-order valence-corrected chi connectivity index (χ2v) is 7.65. The molecule has 1 aromatic carbocycles. The first kappa shape index (κ1) is 19.1. The van der Waals surface area contributed by atoms with E-state index < -0.39 is 16.0 Å². The molecule has 2 rings (SSSR count). The fourth-order valence-electron chi connectivity index (χ4n) is 2.52. The molecule has 0 unspecified atom stereocenters. The Morgan fingerprint density at radius 2 is 2.08 bits per heavy atom. The number of hydrogen-bond acceptors (Lipinski definition) is 6. The summed E-state index contributed by atoms with van der Waals surface area (Å²) in [6, 6.07) is 4.06. The topological polar surface area (TPSA) is 87.7 Å². The smallest absolute Gasteiger partial charge is 0.339 e. The molecule has 1 aliphatic rings. The Morgan fingerprint density at radius 3 is 2.75 bits per heavy atom. The highest BCUT2D eigenvalue weighted by molar-refractivity contribution is 7.89. The molecule has 9 heteroatoms. The van der Waals surface area contributed by atoms with E-state index in [-0.39, 0.29) is 15.5 Å². The average molecular weight is 376 g/mol. The minimum Gasteiger partial charge on any atom is -0.465 e. The van der Waals surface area contributed by atoms with Gasteiger partial charge in [0.25, 0.3) is 0 Å². The zero-order valence-corrected chi connectivity index (χ0v) is 15.1. The lowest BCUT2D eigenvalue weighted by Crippen LogP contribution is -2.44. The number of halogens is 1. The normalized spacial score (nSPS) is 16.1. The van der Waals surface area contributed by atoms with Gasteiger partial charge in [0, 0.05) is 37.7 Å². The van der Waals surface area contributed by atoms with Crippen LogP contribution in [0.25, 0.3) is 0 Å². The standard InChI is InChI=1S/C15H22ClN3O4S/c1-23-15(20)13-4-3-12(16)11-14(13)24(21,22)18-5-2-8-19-9-6-17-7-10-19/h3-4,11,17-18H,2,5-10H2,1H3. The van der Waals surface area contributed by atoms with E-state index in [0.29, 0.717) is 13.0 Å². The fraction of sp³-hybridized carbons (Fsp3) is 0.533. The van der Waals surface area contributed by atoms with Crippen LogP contribution < -0.4 is 10.0 Å². The van der Waals surface area contributed by atoms with Gasteiger partial charge in [-0.05, 0) is 31.2 Å². The van der Waals surface area contributed by atoms with Crippen LogP contribution in [0.3, 0.4) is 0 Å². The molecule has 1 aromatic rings. The van der Waals surface area contributed by atoms with Gasteiger partial charge >= 0.3 is 5.97 Å². The largest absolute Gasteiger partial charge is 0.465 e. The third kappa shape index (κ3) is 5.15. The molecule has 0 aliphatic carbocycles. The van der Waals surface area contributed by atoms with E-state index in [1.807, 2.05) is 0 Å². The molecule has 0 aromatic heterocycles. The van der Waals surface area contributed by atoms with Crippen molar-refractivity contribution in [3.8, 4) is 0 Å². The summed E-state index contributed by atoms with van der Waals surface area (Å²) in [7, 11) is -2.64. The molecule has 0 atom stereocenters. The molecule has 2 N–H and O–H groups in total. The average Bonchev–Trinajstić information content (AvgIpc) is 2.59. The number of nitrogens with one attached hydrogen (secondary N) is 2. The van der Waals surface area contributed by atoms with Crippen molar-refractivity contribution in [1.29, 1.82) is 0 Å². The molecular formula is C15H22ClN3O4S. The Morgan fingerprint density at radius 1 is 1.38 bits per heavy atom. The first-order valence-electron chi connectivity index (χ1n) is 7.74. The molecule has 0 amide bonds. The lowest BCUT2D eigenvalue weighted by atomic mass is 10.2. The summed E-state index contributed by atoms with van der Waals surface area (Å²) in [5.74, 6) is -0.715. The van der Waals surface area contributed by atoms with Gasteiger partial charge in [0.1, 0.15) is 0 Å². The van der Waals surface area contributed by atoms with Gasteiger partial charge in [-0.1, -0.05) is 11.6 Å². The number of methoxy groups -OCH3 is 1. The summed E-state index contributed by atoms with van der Waals surface area (Å²) >= 11 is 5.88. The van der Waals surface area contributed by atoms with Crippen LogP contribution in [-0.2, 0) is 14.8 Å². The summed E-state index contributed by atoms with van der Waals surface area (Å²) in [6.45, 7) is 4.96. The van der Waals surface area contributed by atoms with Crippen LogP contribution in [0.1, 0.15) is 16.8 Å². The van der Waals surface area contributed by atoms with Crippen LogP contribution in [0.2, 0.25) is 5.02 Å². The summed E-state index contributed by atoms with van der Waals surface area (Å²) in [5, 5.41) is 3.51. The van der Waals surface area contributed by atoms with Gasteiger partial charge in [0.2, 0.25) is 10.0 Å². The van der Waals surface area contributed by atoms with Crippen molar-refractivity contribution in [3.63, 3.8) is 0 Å². The minimum absolute atomic E-state index is 0.0310. The number of esters is 1. The zero-order chi connectivity index (χ0) is 17.6. The van der Waals surface area contributed by atoms with Gasteiger partial charge in [-0.2, -0.15) is 0 Å². The van der Waals surface area contributed by atoms with Crippen LogP contribution in [0.5, 0.6) is 0 Å². The third-order valence-electron chi connectivity index (χ3n) is 3.79. The van der Waals surface area contributed by atoms with E-state index in [9.17, 15) is 13.2 Å². The number of nitrogens with zero attached hydrogens (tertiary/aromatic N) is 1. The van der Waals surface area contributed by atoms with Crippen molar-refractivity contribution < 1.29 is 17.9 Å². The summed E-state index contributed by atoms with van der Waals surface area (Å²) < 4.78 is 32.1. The molecule has 0 spiro atoms. The molecule has 134 valence electrons. The molecule has 0 saturated carbocycles. The fourth-order valence-corrected chi connectivity index (χ4v) is 4.05. The van der Waals surface area contributed by atoms with Crippen molar-refractivity contribution in [2.45, 2.75) is 11.3 Å². The monoisotopic (exact) mass is 375 g/mol. The minimum atomic E-state index is -3.84. The predicted molar refractivity (Wildman–Crippen MR) is 91.9 cm³/mol. The Balaban J connectivity index is 1.99. The molecule has 24 heavy (non-hydrogen) atoms. The second-order valence-electron chi connectivity index (χ2n) is 5.48. The maximum Gasteiger partial charge on any atom is 0.339 e. The van der Waals surface area contributed by atoms with Crippen molar-refractivity contribution in [3.05, 3.63) is 28.8 Å². The van der Waals surface area contributed by atoms with Crippen molar-refractivity contribution in [1.82, 2.24) is 14.9 Å². The number of hydrogen-bond donors (Lipinski definition) is 2. The van der Waals surface area contributed by atoms with Crippen LogP contribution in [0.15, 0.2) is 23.1 Å². The first-order valence-corrected chi connectivity index (χ1v) is 9.61. The zero-order valence-electron chi connectivity index (χ0n) is 13.5. The number of sulfonamides is 1. The number of piperazine rings is 1. The van der Waals surface area contributed by atoms with E-state index in [2.05, 4.69) is 19.7 Å². The molecule has 7 nitrogen and oxygen atoms in total. The lowest BCUT2D eigenvalue weighted by Gasteiger charge is -2.27. The summed E-state index contributed by atoms with van der Waals surface area (Å²) in [4.78, 5) is 13.9. The molecule has 1 heterocycles. The third-order valence-corrected chi connectivity index (χ3v) is 5.53. The van der Waals surface area contributed by atoms with Gasteiger partial charge < -0.3 is 15.0 Å². The van der Waals surface area contributed by atoms with Gasteiger partial charge in [-0.3, -0.25) is 0 Å². The van der Waals surface area contributed by atoms with Crippen LogP contribution in [0.4, 0.5) is 0 Å². The Kier molecular flexibility index (Phi) is 7.00. The highest BCUT2D eigenvalue weighted by atomic mass is 35.5. The SMILES string of the molecule is COC(=O)c1ccc(Cl)cc1S(=O)(=O)NCCCN1CCNCC1. The maximum atomic E-state index is 12.5. The predicted octanol–water partition coefficient (Wildman–Crippen LogP) is 0.700. The highest BCUT2D eigenvalue weighted by Crippen LogP contribution is 2.21. The van der Waals surface area contributed by atoms with E-state index >= 15 is 0 Å². The van der Waals surface area contributed by atoms with Gasteiger partial charge in [0.15, 0.2) is 0 Å². The molecule has 0 radical (unpaired) electrons. The van der Waals surface area contributed by atoms with Gasteiger partial charge in [-0.25, -0.2) is 17.9 Å². The Hall–Kier alpha value is -1.19. The van der Waals surface area contributed by atoms with E-state index in [1.54, 1.807) is 0 Å². The van der Waals surface area contributed by atoms with Crippen molar-refractivity contribution in [2.24, 2.45) is 0 Å². The van der Waals surface area contributed by atoms with Crippen LogP contribution in [-0.4, -0.2) is 65.7 Å². The van der Waals surface area contributed by atoms with Crippen LogP contribution >= 0.6 is 11.6 Å². The molecule has 1 fully saturated rings. The lowest BCUT2D eigenvalue weighted by molar-refractivity contribution is 0.0596. The molecule has 1 aliphatic heterocycles. The van der Waals surface area contributed by atoms with Gasteiger partial charge in [0.05, 0.1) is 17.6 Å². The van der Waals surface area contributed by atoms with E-state index in [1.165, 1.54) is 25.3 Å². The van der Waals surface area contributed by atoms with E-state index in [4.69, 9.17) is 11.6 Å². The number of carbonyl (C=O) groups is 1. The maximum absolute atomic E-state index is 12.5. The summed E-state index contributed by atoms with van der Waals surface area (Å²) in [6.07, 6.45) is 0.688. The first-order chi connectivity index (χ1) is 11.4. The van der Waals surface area contributed by atoms with Crippen molar-refractivity contribution in [2.75, 3.05) is 46.4 Å². The highest BCUT2D eigenvalue weighted by Gasteiger charge is 2.23. The van der Waals surface area contributed by atoms with Gasteiger partial charge in [-0.15, -0.1) is 0 Å². The molecular weight excluding hydrogens is 354 g/mol. The molecule has 1 saturated heterocycles. The number of rotatable bonds is 7. The Bertz CT molecular complexity index is 675. The number of benzene rings is 1. The second kappa shape index (κ2) is 8.77. The Labute approximate surface area is 147 Å². The number of carbonyl (C=O) groups excluding carboxylic acids is 1. The van der Waals surface area contributed by atoms with Crippen LogP contribution in [0, 0.1) is 0 Å². The number of ether oxygens (including phenoxy) is 1. The van der Waals surface area contributed by atoms with Crippen molar-refractivity contribution >= 4 is 27.6 Å².